The Morgan fingerprint density at radius 2 is 1.96 bits per heavy atom. The van der Waals surface area contributed by atoms with Crippen LogP contribution in [0.15, 0.2) is 24.3 Å². The molecule has 1 heterocycles. The smallest absolute Gasteiger partial charge is 0.220 e. The topological polar surface area (TPSA) is 50.4 Å². The lowest BCUT2D eigenvalue weighted by molar-refractivity contribution is -0.122. The lowest BCUT2D eigenvalue weighted by Gasteiger charge is -2.37. The number of hydrogen-bond donors (Lipinski definition) is 2. The first-order valence-electron chi connectivity index (χ1n) is 7.84. The zero-order valence-electron chi connectivity index (χ0n) is 13.6. The average Bonchev–Trinajstić information content (AvgIpc) is 2.54. The van der Waals surface area contributed by atoms with Gasteiger partial charge in [-0.2, -0.15) is 0 Å². The molecule has 2 N–H and O–H groups in total. The number of aryl methyl sites for hydroxylation is 1. The zero-order chi connectivity index (χ0) is 15.8. The number of piperidine rings is 1. The van der Waals surface area contributed by atoms with Crippen molar-refractivity contribution in [3.63, 3.8) is 0 Å². The van der Waals surface area contributed by atoms with E-state index in [4.69, 9.17) is 16.3 Å². The normalized spacial score (nSPS) is 16.4. The largest absolute Gasteiger partial charge is 0.384 e. The third-order valence-electron chi connectivity index (χ3n) is 4.33. The zero-order valence-corrected chi connectivity index (χ0v) is 15.1. The first kappa shape index (κ1) is 20.2. The van der Waals surface area contributed by atoms with Crippen LogP contribution < -0.4 is 10.6 Å². The number of carbonyl (C=O) groups is 1. The summed E-state index contributed by atoms with van der Waals surface area (Å²) in [4.78, 5) is 12.1. The van der Waals surface area contributed by atoms with Crippen molar-refractivity contribution in [2.45, 2.75) is 25.7 Å². The Balaban J connectivity index is 0.00000264. The maximum atomic E-state index is 12.1. The predicted octanol–water partition coefficient (Wildman–Crippen LogP) is 2.83. The van der Waals surface area contributed by atoms with Crippen molar-refractivity contribution in [2.75, 3.05) is 33.4 Å². The molecule has 0 aromatic heterocycles. The Hall–Kier alpha value is -0.810. The SMILES string of the molecule is COCC1(CNC(=O)CCc2ccc(Cl)cc2)CCNCC1.Cl. The van der Waals surface area contributed by atoms with Crippen molar-refractivity contribution in [3.8, 4) is 0 Å². The van der Waals surface area contributed by atoms with Gasteiger partial charge in [-0.25, -0.2) is 0 Å². The lowest BCUT2D eigenvalue weighted by atomic mass is 9.79. The summed E-state index contributed by atoms with van der Waals surface area (Å²) in [7, 11) is 1.73. The van der Waals surface area contributed by atoms with Crippen LogP contribution in [0.25, 0.3) is 0 Å². The average molecular weight is 361 g/mol. The van der Waals surface area contributed by atoms with Crippen molar-refractivity contribution in [2.24, 2.45) is 5.41 Å². The van der Waals surface area contributed by atoms with E-state index in [2.05, 4.69) is 10.6 Å². The van der Waals surface area contributed by atoms with Gasteiger partial charge in [0.25, 0.3) is 0 Å². The highest BCUT2D eigenvalue weighted by Crippen LogP contribution is 2.28. The van der Waals surface area contributed by atoms with Gasteiger partial charge in [0.2, 0.25) is 5.91 Å². The fourth-order valence-electron chi connectivity index (χ4n) is 2.92. The van der Waals surface area contributed by atoms with E-state index in [1.807, 2.05) is 24.3 Å². The molecule has 2 rings (SSSR count). The molecule has 0 aliphatic carbocycles. The highest BCUT2D eigenvalue weighted by atomic mass is 35.5. The molecule has 6 heteroatoms. The summed E-state index contributed by atoms with van der Waals surface area (Å²) in [6.45, 7) is 3.38. The molecule has 1 fully saturated rings. The van der Waals surface area contributed by atoms with Crippen LogP contribution in [-0.4, -0.2) is 39.3 Å². The summed E-state index contributed by atoms with van der Waals surface area (Å²) >= 11 is 5.86. The molecule has 1 saturated heterocycles. The van der Waals surface area contributed by atoms with Gasteiger partial charge in [-0.3, -0.25) is 4.79 Å². The van der Waals surface area contributed by atoms with Gasteiger partial charge in [-0.15, -0.1) is 12.4 Å². The second kappa shape index (κ2) is 10.1. The molecular weight excluding hydrogens is 335 g/mol. The molecule has 1 aromatic carbocycles. The minimum atomic E-state index is 0. The number of ether oxygens (including phenoxy) is 1. The molecule has 0 atom stereocenters. The number of nitrogens with one attached hydrogen (secondary N) is 2. The van der Waals surface area contributed by atoms with Crippen LogP contribution >= 0.6 is 24.0 Å². The summed E-state index contributed by atoms with van der Waals surface area (Å²) in [6.07, 6.45) is 3.32. The number of benzene rings is 1. The second-order valence-electron chi connectivity index (χ2n) is 6.09. The van der Waals surface area contributed by atoms with Gasteiger partial charge in [-0.1, -0.05) is 23.7 Å². The summed E-state index contributed by atoms with van der Waals surface area (Å²) in [5, 5.41) is 7.17. The lowest BCUT2D eigenvalue weighted by Crippen LogP contribution is -2.47. The summed E-state index contributed by atoms with van der Waals surface area (Å²) < 4.78 is 5.37. The van der Waals surface area contributed by atoms with Crippen molar-refractivity contribution in [1.82, 2.24) is 10.6 Å². The van der Waals surface area contributed by atoms with Crippen molar-refractivity contribution >= 4 is 29.9 Å². The van der Waals surface area contributed by atoms with Gasteiger partial charge < -0.3 is 15.4 Å². The van der Waals surface area contributed by atoms with Crippen LogP contribution in [0.2, 0.25) is 5.02 Å². The van der Waals surface area contributed by atoms with E-state index in [1.165, 1.54) is 0 Å². The molecule has 23 heavy (non-hydrogen) atoms. The van der Waals surface area contributed by atoms with E-state index >= 15 is 0 Å². The number of halogens is 2. The van der Waals surface area contributed by atoms with Crippen molar-refractivity contribution in [3.05, 3.63) is 34.9 Å². The molecule has 0 unspecified atom stereocenters. The molecular formula is C17H26Cl2N2O2. The number of rotatable bonds is 7. The van der Waals surface area contributed by atoms with Gasteiger partial charge in [0.05, 0.1) is 6.61 Å². The Morgan fingerprint density at radius 1 is 1.30 bits per heavy atom. The first-order valence-corrected chi connectivity index (χ1v) is 8.22. The number of amides is 1. The van der Waals surface area contributed by atoms with E-state index < -0.39 is 0 Å². The molecule has 1 amide bonds. The fourth-order valence-corrected chi connectivity index (χ4v) is 3.04. The minimum absolute atomic E-state index is 0. The molecule has 1 aliphatic heterocycles. The van der Waals surface area contributed by atoms with Crippen LogP contribution in [0.5, 0.6) is 0 Å². The molecule has 0 spiro atoms. The Kier molecular flexibility index (Phi) is 8.92. The standard InChI is InChI=1S/C17H25ClN2O2.ClH/c1-22-13-17(8-10-19-11-9-17)12-20-16(21)7-4-14-2-5-15(18)6-3-14;/h2-3,5-6,19H,4,7-13H2,1H3,(H,20,21);1H. The highest BCUT2D eigenvalue weighted by Gasteiger charge is 2.32. The molecule has 1 aliphatic rings. The minimum Gasteiger partial charge on any atom is -0.384 e. The van der Waals surface area contributed by atoms with E-state index in [0.29, 0.717) is 19.6 Å². The van der Waals surface area contributed by atoms with Gasteiger partial charge in [0.1, 0.15) is 0 Å². The van der Waals surface area contributed by atoms with E-state index in [9.17, 15) is 4.79 Å². The summed E-state index contributed by atoms with van der Waals surface area (Å²) in [5.41, 5.74) is 1.21. The van der Waals surface area contributed by atoms with E-state index in [0.717, 1.165) is 42.9 Å². The quantitative estimate of drug-likeness (QED) is 0.785. The number of methoxy groups -OCH3 is 1. The third-order valence-corrected chi connectivity index (χ3v) is 4.58. The van der Waals surface area contributed by atoms with Crippen LogP contribution in [0, 0.1) is 5.41 Å². The number of hydrogen-bond acceptors (Lipinski definition) is 3. The molecule has 0 saturated carbocycles. The molecule has 0 radical (unpaired) electrons. The Morgan fingerprint density at radius 3 is 2.57 bits per heavy atom. The maximum Gasteiger partial charge on any atom is 0.220 e. The Bertz CT molecular complexity index is 468. The maximum absolute atomic E-state index is 12.1. The van der Waals surface area contributed by atoms with Gasteiger partial charge in [0.15, 0.2) is 0 Å². The van der Waals surface area contributed by atoms with Gasteiger partial charge in [0, 0.05) is 30.5 Å². The van der Waals surface area contributed by atoms with Crippen molar-refractivity contribution in [1.29, 1.82) is 0 Å². The van der Waals surface area contributed by atoms with Crippen LogP contribution in [0.1, 0.15) is 24.8 Å². The number of carbonyl (C=O) groups excluding carboxylic acids is 1. The van der Waals surface area contributed by atoms with Crippen LogP contribution in [0.3, 0.4) is 0 Å². The highest BCUT2D eigenvalue weighted by molar-refractivity contribution is 6.30. The fraction of sp³-hybridized carbons (Fsp3) is 0.588. The Labute approximate surface area is 149 Å². The van der Waals surface area contributed by atoms with Gasteiger partial charge in [-0.05, 0) is 50.0 Å². The predicted molar refractivity (Wildman–Crippen MR) is 96.4 cm³/mol. The van der Waals surface area contributed by atoms with Crippen LogP contribution in [-0.2, 0) is 16.0 Å². The van der Waals surface area contributed by atoms with E-state index in [1.54, 1.807) is 7.11 Å². The first-order chi connectivity index (χ1) is 10.6. The summed E-state index contributed by atoms with van der Waals surface area (Å²) in [5.74, 6) is 0.101. The second-order valence-corrected chi connectivity index (χ2v) is 6.52. The van der Waals surface area contributed by atoms with Crippen molar-refractivity contribution < 1.29 is 9.53 Å². The molecule has 130 valence electrons. The molecule has 4 nitrogen and oxygen atoms in total. The van der Waals surface area contributed by atoms with E-state index in [-0.39, 0.29) is 23.7 Å². The van der Waals surface area contributed by atoms with Gasteiger partial charge >= 0.3 is 0 Å². The van der Waals surface area contributed by atoms with Crippen LogP contribution in [0.4, 0.5) is 0 Å². The third kappa shape index (κ3) is 6.68. The summed E-state index contributed by atoms with van der Waals surface area (Å²) in [6, 6.07) is 7.65. The monoisotopic (exact) mass is 360 g/mol. The molecule has 0 bridgehead atoms. The molecule has 1 aromatic rings.